The third kappa shape index (κ3) is 2.57. The average molecular weight is 235 g/mol. The topological polar surface area (TPSA) is 46.9 Å². The van der Waals surface area contributed by atoms with Crippen molar-refractivity contribution in [2.45, 2.75) is 44.1 Å². The number of hydrogen-bond donors (Lipinski definition) is 1. The lowest BCUT2D eigenvalue weighted by molar-refractivity contribution is 0.0905. The van der Waals surface area contributed by atoms with Gasteiger partial charge in [-0.15, -0.1) is 0 Å². The first-order valence-electron chi connectivity index (χ1n) is 6.37. The largest absolute Gasteiger partial charge is 0.314 e. The number of hydrogen-bond acceptors (Lipinski definition) is 3. The maximum absolute atomic E-state index is 12.3. The van der Waals surface area contributed by atoms with Crippen molar-refractivity contribution in [2.24, 2.45) is 7.05 Å². The first-order valence-corrected chi connectivity index (χ1v) is 6.37. The summed E-state index contributed by atoms with van der Waals surface area (Å²) in [6, 6.07) is 1.80. The van der Waals surface area contributed by atoms with E-state index >= 15 is 0 Å². The molecule has 0 radical (unpaired) electrons. The molecule has 0 aliphatic heterocycles. The summed E-state index contributed by atoms with van der Waals surface area (Å²) < 4.78 is 1.66. The Bertz CT molecular complexity index is 391. The zero-order valence-electron chi connectivity index (χ0n) is 10.7. The Balaban J connectivity index is 2.08. The van der Waals surface area contributed by atoms with Crippen LogP contribution in [0.1, 0.15) is 49.0 Å². The lowest BCUT2D eigenvalue weighted by Crippen LogP contribution is -2.46. The molecule has 1 saturated carbocycles. The summed E-state index contributed by atoms with van der Waals surface area (Å²) in [7, 11) is 3.79. The first kappa shape index (κ1) is 12.3. The van der Waals surface area contributed by atoms with E-state index in [0.717, 1.165) is 12.8 Å². The molecule has 1 aromatic rings. The molecule has 0 aromatic carbocycles. The van der Waals surface area contributed by atoms with Gasteiger partial charge in [-0.1, -0.05) is 19.3 Å². The number of Topliss-reactive ketones (excluding diaryl/α,β-unsaturated/α-hetero) is 1. The molecular formula is C13H21N3O. The SMILES string of the molecule is CNC1(CC(=O)c2ccnn2C)CCCCC1. The van der Waals surface area contributed by atoms with Crippen molar-refractivity contribution < 1.29 is 4.79 Å². The number of nitrogens with one attached hydrogen (secondary N) is 1. The van der Waals surface area contributed by atoms with Gasteiger partial charge < -0.3 is 5.32 Å². The molecule has 17 heavy (non-hydrogen) atoms. The van der Waals surface area contributed by atoms with Gasteiger partial charge in [0.1, 0.15) is 5.69 Å². The fourth-order valence-corrected chi connectivity index (χ4v) is 2.79. The molecule has 0 saturated heterocycles. The molecule has 1 aromatic heterocycles. The van der Waals surface area contributed by atoms with E-state index in [1.807, 2.05) is 14.1 Å². The van der Waals surface area contributed by atoms with Crippen LogP contribution in [0.2, 0.25) is 0 Å². The lowest BCUT2D eigenvalue weighted by atomic mass is 9.78. The van der Waals surface area contributed by atoms with Crippen molar-refractivity contribution in [1.82, 2.24) is 15.1 Å². The second kappa shape index (κ2) is 5.00. The van der Waals surface area contributed by atoms with Crippen LogP contribution in [0.4, 0.5) is 0 Å². The third-order valence-corrected chi connectivity index (χ3v) is 3.95. The van der Waals surface area contributed by atoms with Crippen molar-refractivity contribution in [3.8, 4) is 0 Å². The van der Waals surface area contributed by atoms with E-state index < -0.39 is 0 Å². The number of carbonyl (C=O) groups is 1. The van der Waals surface area contributed by atoms with Gasteiger partial charge in [0, 0.05) is 25.2 Å². The Kier molecular flexibility index (Phi) is 3.62. The molecule has 0 spiro atoms. The molecule has 0 unspecified atom stereocenters. The lowest BCUT2D eigenvalue weighted by Gasteiger charge is -2.36. The predicted octanol–water partition coefficient (Wildman–Crippen LogP) is 1.92. The van der Waals surface area contributed by atoms with Gasteiger partial charge in [-0.2, -0.15) is 5.10 Å². The molecule has 0 amide bonds. The summed E-state index contributed by atoms with van der Waals surface area (Å²) in [5, 5.41) is 7.43. The summed E-state index contributed by atoms with van der Waals surface area (Å²) in [6.45, 7) is 0. The Labute approximate surface area is 102 Å². The first-order chi connectivity index (χ1) is 8.17. The van der Waals surface area contributed by atoms with Crippen LogP contribution in [0, 0.1) is 0 Å². The third-order valence-electron chi connectivity index (χ3n) is 3.95. The molecular weight excluding hydrogens is 214 g/mol. The summed E-state index contributed by atoms with van der Waals surface area (Å²) in [5.41, 5.74) is 0.727. The van der Waals surface area contributed by atoms with Crippen LogP contribution in [-0.4, -0.2) is 28.2 Å². The minimum absolute atomic E-state index is 0.0135. The molecule has 2 rings (SSSR count). The van der Waals surface area contributed by atoms with Gasteiger partial charge >= 0.3 is 0 Å². The monoisotopic (exact) mass is 235 g/mol. The number of rotatable bonds is 4. The highest BCUT2D eigenvalue weighted by molar-refractivity contribution is 5.95. The predicted molar refractivity (Wildman–Crippen MR) is 67.0 cm³/mol. The van der Waals surface area contributed by atoms with Crippen molar-refractivity contribution in [1.29, 1.82) is 0 Å². The van der Waals surface area contributed by atoms with E-state index in [-0.39, 0.29) is 11.3 Å². The molecule has 1 aliphatic rings. The van der Waals surface area contributed by atoms with Gasteiger partial charge in [0.05, 0.1) is 0 Å². The van der Waals surface area contributed by atoms with E-state index in [9.17, 15) is 4.79 Å². The van der Waals surface area contributed by atoms with E-state index in [1.165, 1.54) is 19.3 Å². The van der Waals surface area contributed by atoms with Gasteiger partial charge in [0.25, 0.3) is 0 Å². The summed E-state index contributed by atoms with van der Waals surface area (Å²) in [4.78, 5) is 12.3. The van der Waals surface area contributed by atoms with Crippen LogP contribution in [0.5, 0.6) is 0 Å². The molecule has 4 nitrogen and oxygen atoms in total. The van der Waals surface area contributed by atoms with Crippen molar-refractivity contribution >= 4 is 5.78 Å². The minimum Gasteiger partial charge on any atom is -0.314 e. The quantitative estimate of drug-likeness (QED) is 0.811. The van der Waals surface area contributed by atoms with Crippen LogP contribution in [0.15, 0.2) is 12.3 Å². The Morgan fingerprint density at radius 2 is 2.18 bits per heavy atom. The van der Waals surface area contributed by atoms with E-state index in [4.69, 9.17) is 0 Å². The normalized spacial score (nSPS) is 19.2. The molecule has 94 valence electrons. The van der Waals surface area contributed by atoms with E-state index in [1.54, 1.807) is 16.9 Å². The minimum atomic E-state index is 0.0135. The maximum atomic E-state index is 12.3. The second-order valence-corrected chi connectivity index (χ2v) is 5.03. The average Bonchev–Trinajstić information content (AvgIpc) is 2.77. The highest BCUT2D eigenvalue weighted by Crippen LogP contribution is 2.31. The van der Waals surface area contributed by atoms with E-state index in [0.29, 0.717) is 12.1 Å². The Morgan fingerprint density at radius 3 is 2.71 bits per heavy atom. The summed E-state index contributed by atoms with van der Waals surface area (Å²) >= 11 is 0. The smallest absolute Gasteiger partial charge is 0.182 e. The van der Waals surface area contributed by atoms with Gasteiger partial charge in [-0.3, -0.25) is 9.48 Å². The van der Waals surface area contributed by atoms with Crippen molar-refractivity contribution in [2.75, 3.05) is 7.05 Å². The molecule has 1 fully saturated rings. The Hall–Kier alpha value is -1.16. The van der Waals surface area contributed by atoms with Gasteiger partial charge in [0.2, 0.25) is 0 Å². The molecule has 4 heteroatoms. The summed E-state index contributed by atoms with van der Waals surface area (Å²) in [5.74, 6) is 0.196. The summed E-state index contributed by atoms with van der Waals surface area (Å²) in [6.07, 6.45) is 8.21. The highest BCUT2D eigenvalue weighted by atomic mass is 16.1. The van der Waals surface area contributed by atoms with E-state index in [2.05, 4.69) is 10.4 Å². The van der Waals surface area contributed by atoms with Gasteiger partial charge in [0.15, 0.2) is 5.78 Å². The Morgan fingerprint density at radius 1 is 1.47 bits per heavy atom. The van der Waals surface area contributed by atoms with Gasteiger partial charge in [-0.05, 0) is 26.0 Å². The van der Waals surface area contributed by atoms with Crippen molar-refractivity contribution in [3.05, 3.63) is 18.0 Å². The number of aryl methyl sites for hydroxylation is 1. The number of ketones is 1. The molecule has 1 aliphatic carbocycles. The number of nitrogens with zero attached hydrogens (tertiary/aromatic N) is 2. The molecule has 0 bridgehead atoms. The second-order valence-electron chi connectivity index (χ2n) is 5.03. The number of carbonyl (C=O) groups excluding carboxylic acids is 1. The van der Waals surface area contributed by atoms with Crippen LogP contribution in [0.25, 0.3) is 0 Å². The number of aromatic nitrogens is 2. The zero-order chi connectivity index (χ0) is 12.3. The van der Waals surface area contributed by atoms with Crippen LogP contribution in [-0.2, 0) is 7.05 Å². The molecule has 1 heterocycles. The van der Waals surface area contributed by atoms with Crippen LogP contribution < -0.4 is 5.32 Å². The van der Waals surface area contributed by atoms with Gasteiger partial charge in [-0.25, -0.2) is 0 Å². The van der Waals surface area contributed by atoms with Crippen molar-refractivity contribution in [3.63, 3.8) is 0 Å². The fraction of sp³-hybridized carbons (Fsp3) is 0.692. The van der Waals surface area contributed by atoms with Crippen LogP contribution in [0.3, 0.4) is 0 Å². The fourth-order valence-electron chi connectivity index (χ4n) is 2.79. The standard InChI is InChI=1S/C13H21N3O/c1-14-13(7-4-3-5-8-13)10-12(17)11-6-9-15-16(11)2/h6,9,14H,3-5,7-8,10H2,1-2H3. The van der Waals surface area contributed by atoms with Crippen LogP contribution >= 0.6 is 0 Å². The zero-order valence-corrected chi connectivity index (χ0v) is 10.7. The molecule has 0 atom stereocenters. The maximum Gasteiger partial charge on any atom is 0.182 e. The molecule has 1 N–H and O–H groups in total. The highest BCUT2D eigenvalue weighted by Gasteiger charge is 2.33.